The molecule has 31 heavy (non-hydrogen) atoms. The lowest BCUT2D eigenvalue weighted by atomic mass is 10.2. The van der Waals surface area contributed by atoms with Crippen molar-refractivity contribution in [3.63, 3.8) is 0 Å². The van der Waals surface area contributed by atoms with Gasteiger partial charge in [0.25, 0.3) is 5.91 Å². The number of imide groups is 1. The number of amides is 3. The number of nitrogens with zero attached hydrogens (tertiary/aromatic N) is 2. The molecule has 2 unspecified atom stereocenters. The number of methoxy groups -OCH3 is 1. The number of carbonyl (C=O) groups excluding carboxylic acids is 2. The van der Waals surface area contributed by atoms with E-state index in [0.29, 0.717) is 17.2 Å². The maximum atomic E-state index is 13.2. The molecule has 164 valence electrons. The summed E-state index contributed by atoms with van der Waals surface area (Å²) in [5, 5.41) is 10.4. The minimum Gasteiger partial charge on any atom is -0.493 e. The fourth-order valence-corrected chi connectivity index (χ4v) is 3.38. The Morgan fingerprint density at radius 1 is 1.16 bits per heavy atom. The summed E-state index contributed by atoms with van der Waals surface area (Å²) >= 11 is 0. The number of anilines is 1. The molecule has 0 saturated carbocycles. The molecule has 0 aromatic heterocycles. The Morgan fingerprint density at radius 3 is 2.52 bits per heavy atom. The molecule has 3 amide bonds. The molecule has 0 aliphatic carbocycles. The van der Waals surface area contributed by atoms with Crippen LogP contribution in [0.4, 0.5) is 14.9 Å². The molecular formula is C23H25FN2O5. The molecule has 7 nitrogen and oxygen atoms in total. The van der Waals surface area contributed by atoms with Crippen LogP contribution in [0, 0.1) is 5.82 Å². The number of ether oxygens (including phenoxy) is 2. The minimum absolute atomic E-state index is 0.138. The Balaban J connectivity index is 1.65. The zero-order valence-electron chi connectivity index (χ0n) is 17.6. The van der Waals surface area contributed by atoms with Crippen LogP contribution in [0.15, 0.2) is 48.5 Å². The summed E-state index contributed by atoms with van der Waals surface area (Å²) in [5.41, 5.74) is 1.35. The molecule has 0 spiro atoms. The molecule has 8 heteroatoms. The quantitative estimate of drug-likeness (QED) is 0.652. The molecule has 1 N–H and O–H groups in total. The highest BCUT2D eigenvalue weighted by molar-refractivity contribution is 6.14. The third kappa shape index (κ3) is 4.86. The van der Waals surface area contributed by atoms with Crippen LogP contribution in [0.25, 0.3) is 6.08 Å². The maximum absolute atomic E-state index is 13.2. The van der Waals surface area contributed by atoms with Crippen LogP contribution in [0.1, 0.15) is 19.4 Å². The summed E-state index contributed by atoms with van der Waals surface area (Å²) in [6.07, 6.45) is 2.72. The zero-order valence-corrected chi connectivity index (χ0v) is 17.6. The van der Waals surface area contributed by atoms with Crippen molar-refractivity contribution >= 4 is 23.7 Å². The average molecular weight is 428 g/mol. The largest absolute Gasteiger partial charge is 0.493 e. The van der Waals surface area contributed by atoms with Gasteiger partial charge in [-0.05, 0) is 55.8 Å². The van der Waals surface area contributed by atoms with E-state index in [1.165, 1.54) is 36.3 Å². The lowest BCUT2D eigenvalue weighted by Crippen LogP contribution is -2.40. The zero-order chi connectivity index (χ0) is 22.5. The van der Waals surface area contributed by atoms with Gasteiger partial charge in [0.05, 0.1) is 13.7 Å². The van der Waals surface area contributed by atoms with E-state index in [1.807, 2.05) is 25.1 Å². The van der Waals surface area contributed by atoms with Crippen molar-refractivity contribution in [2.45, 2.75) is 26.0 Å². The van der Waals surface area contributed by atoms with Gasteiger partial charge >= 0.3 is 6.03 Å². The van der Waals surface area contributed by atoms with Crippen LogP contribution in [0.3, 0.4) is 0 Å². The first kappa shape index (κ1) is 22.3. The van der Waals surface area contributed by atoms with Gasteiger partial charge < -0.3 is 14.6 Å². The number of aliphatic hydroxyl groups is 1. The number of aliphatic hydroxyl groups excluding tert-OH is 1. The first-order valence-corrected chi connectivity index (χ1v) is 9.87. The number of rotatable bonds is 8. The first-order chi connectivity index (χ1) is 14.8. The number of benzene rings is 2. The van der Waals surface area contributed by atoms with E-state index < -0.39 is 29.9 Å². The smallest absolute Gasteiger partial charge is 0.332 e. The summed E-state index contributed by atoms with van der Waals surface area (Å²) in [6.45, 7) is 3.13. The fourth-order valence-electron chi connectivity index (χ4n) is 3.38. The second-order valence-electron chi connectivity index (χ2n) is 7.13. The van der Waals surface area contributed by atoms with Crippen LogP contribution in [-0.2, 0) is 4.79 Å². The number of urea groups is 1. The van der Waals surface area contributed by atoms with E-state index in [0.717, 1.165) is 10.5 Å². The predicted octanol–water partition coefficient (Wildman–Crippen LogP) is 3.46. The van der Waals surface area contributed by atoms with E-state index in [4.69, 9.17) is 9.47 Å². The Hall–Kier alpha value is -3.39. The van der Waals surface area contributed by atoms with Crippen LogP contribution in [0.5, 0.6) is 11.5 Å². The Bertz CT molecular complexity index is 976. The van der Waals surface area contributed by atoms with Crippen molar-refractivity contribution in [3.05, 3.63) is 59.9 Å². The van der Waals surface area contributed by atoms with Crippen molar-refractivity contribution in [1.82, 2.24) is 4.90 Å². The standard InChI is InChI=1S/C23H25FN2O5/c1-4-5-16-6-11-20(21(12-16)30-3)31-14-19(27)13-25-22(28)15(2)26(23(25)29)18-9-7-17(24)8-10-18/h4-12,15,19,27H,13-14H2,1-3H3/b5-4+. The number of carbonyl (C=O) groups is 2. The monoisotopic (exact) mass is 428 g/mol. The van der Waals surface area contributed by atoms with E-state index in [1.54, 1.807) is 19.1 Å². The molecule has 0 radical (unpaired) electrons. The van der Waals surface area contributed by atoms with Gasteiger partial charge in [-0.2, -0.15) is 0 Å². The third-order valence-corrected chi connectivity index (χ3v) is 4.92. The van der Waals surface area contributed by atoms with Gasteiger partial charge in [0.1, 0.15) is 24.6 Å². The highest BCUT2D eigenvalue weighted by atomic mass is 19.1. The van der Waals surface area contributed by atoms with Crippen LogP contribution in [-0.4, -0.2) is 54.4 Å². The van der Waals surface area contributed by atoms with Gasteiger partial charge in [0, 0.05) is 5.69 Å². The van der Waals surface area contributed by atoms with Crippen LogP contribution < -0.4 is 14.4 Å². The molecule has 1 saturated heterocycles. The third-order valence-electron chi connectivity index (χ3n) is 4.92. The van der Waals surface area contributed by atoms with E-state index in [2.05, 4.69) is 0 Å². The number of hydrogen-bond donors (Lipinski definition) is 1. The second kappa shape index (κ2) is 9.61. The maximum Gasteiger partial charge on any atom is 0.332 e. The fraction of sp³-hybridized carbons (Fsp3) is 0.304. The highest BCUT2D eigenvalue weighted by Crippen LogP contribution is 2.29. The Kier molecular flexibility index (Phi) is 6.91. The van der Waals surface area contributed by atoms with Gasteiger partial charge in [-0.15, -0.1) is 0 Å². The molecule has 1 heterocycles. The minimum atomic E-state index is -1.10. The molecule has 3 rings (SSSR count). The van der Waals surface area contributed by atoms with Crippen molar-refractivity contribution < 1.29 is 28.6 Å². The SMILES string of the molecule is C/C=C/c1ccc(OCC(O)CN2C(=O)C(C)N(c3ccc(F)cc3)C2=O)c(OC)c1. The summed E-state index contributed by atoms with van der Waals surface area (Å²) in [7, 11) is 1.52. The average Bonchev–Trinajstić information content (AvgIpc) is 2.97. The van der Waals surface area contributed by atoms with Crippen molar-refractivity contribution in [3.8, 4) is 11.5 Å². The van der Waals surface area contributed by atoms with Gasteiger partial charge in [-0.25, -0.2) is 9.18 Å². The van der Waals surface area contributed by atoms with Gasteiger partial charge in [-0.3, -0.25) is 14.6 Å². The molecule has 1 aliphatic rings. The lowest BCUT2D eigenvalue weighted by molar-refractivity contribution is -0.128. The Morgan fingerprint density at radius 2 is 1.87 bits per heavy atom. The van der Waals surface area contributed by atoms with E-state index in [9.17, 15) is 19.1 Å². The Labute approximate surface area is 180 Å². The first-order valence-electron chi connectivity index (χ1n) is 9.87. The van der Waals surface area contributed by atoms with Crippen LogP contribution >= 0.6 is 0 Å². The normalized spacial score (nSPS) is 17.5. The summed E-state index contributed by atoms with van der Waals surface area (Å²) in [4.78, 5) is 27.6. The molecule has 2 aromatic carbocycles. The lowest BCUT2D eigenvalue weighted by Gasteiger charge is -2.21. The van der Waals surface area contributed by atoms with E-state index in [-0.39, 0.29) is 13.2 Å². The molecule has 2 aromatic rings. The number of halogens is 1. The molecule has 2 atom stereocenters. The number of hydrogen-bond acceptors (Lipinski definition) is 5. The summed E-state index contributed by atoms with van der Waals surface area (Å²) in [6, 6.07) is 9.36. The number of β-amino-alcohol motifs (C(OH)–C–C–N with tert-alkyl or cyclic N) is 1. The molecule has 0 bridgehead atoms. The summed E-state index contributed by atoms with van der Waals surface area (Å²) < 4.78 is 24.2. The van der Waals surface area contributed by atoms with Crippen molar-refractivity contribution in [1.29, 1.82) is 0 Å². The van der Waals surface area contributed by atoms with Gasteiger partial charge in [0.2, 0.25) is 0 Å². The predicted molar refractivity (Wildman–Crippen MR) is 115 cm³/mol. The molecule has 1 aliphatic heterocycles. The second-order valence-corrected chi connectivity index (χ2v) is 7.13. The summed E-state index contributed by atoms with van der Waals surface area (Å²) in [5.74, 6) is 0.0667. The van der Waals surface area contributed by atoms with E-state index >= 15 is 0 Å². The van der Waals surface area contributed by atoms with Gasteiger partial charge in [0.15, 0.2) is 11.5 Å². The van der Waals surface area contributed by atoms with Crippen LogP contribution in [0.2, 0.25) is 0 Å². The topological polar surface area (TPSA) is 79.3 Å². The molecule has 1 fully saturated rings. The van der Waals surface area contributed by atoms with Gasteiger partial charge in [-0.1, -0.05) is 18.2 Å². The van der Waals surface area contributed by atoms with Crippen molar-refractivity contribution in [2.75, 3.05) is 25.2 Å². The highest BCUT2D eigenvalue weighted by Gasteiger charge is 2.43. The van der Waals surface area contributed by atoms with Crippen molar-refractivity contribution in [2.24, 2.45) is 0 Å². The molecular weight excluding hydrogens is 403 g/mol. The number of allylic oxidation sites excluding steroid dienone is 1.